The number of nitrogens with one attached hydrogen (secondary N) is 2. The van der Waals surface area contributed by atoms with Crippen LogP contribution in [0.2, 0.25) is 0 Å². The molecule has 0 bridgehead atoms. The minimum atomic E-state index is -0.00995. The van der Waals surface area contributed by atoms with Crippen molar-refractivity contribution in [1.29, 1.82) is 0 Å². The zero-order chi connectivity index (χ0) is 17.6. The molecule has 2 N–H and O–H groups in total. The Morgan fingerprint density at radius 2 is 2.00 bits per heavy atom. The van der Waals surface area contributed by atoms with Gasteiger partial charge in [-0.15, -0.1) is 0 Å². The molecule has 3 rings (SSSR count). The van der Waals surface area contributed by atoms with E-state index in [9.17, 15) is 4.79 Å². The van der Waals surface area contributed by atoms with E-state index in [0.29, 0.717) is 12.6 Å². The first-order chi connectivity index (χ1) is 12.1. The third kappa shape index (κ3) is 4.94. The number of ether oxygens (including phenoxy) is 1. The van der Waals surface area contributed by atoms with Crippen molar-refractivity contribution in [3.05, 3.63) is 63.6 Å². The predicted molar refractivity (Wildman–Crippen MR) is 100 cm³/mol. The molecule has 1 aliphatic carbocycles. The normalized spacial score (nSPS) is 16.7. The summed E-state index contributed by atoms with van der Waals surface area (Å²) in [5.41, 5.74) is 3.54. The van der Waals surface area contributed by atoms with Crippen LogP contribution in [0.25, 0.3) is 0 Å². The molecule has 1 aliphatic rings. The number of hydrogen-bond acceptors (Lipinski definition) is 4. The number of aromatic nitrogens is 1. The van der Waals surface area contributed by atoms with E-state index in [1.807, 2.05) is 32.3 Å². The fourth-order valence-corrected chi connectivity index (χ4v) is 3.20. The molecule has 25 heavy (non-hydrogen) atoms. The van der Waals surface area contributed by atoms with Crippen LogP contribution in [-0.2, 0) is 13.0 Å². The zero-order valence-corrected chi connectivity index (χ0v) is 15.0. The Balaban J connectivity index is 1.55. The number of benzene rings is 1. The third-order valence-electron chi connectivity index (χ3n) is 4.61. The Bertz CT molecular complexity index is 737. The lowest BCUT2D eigenvalue weighted by atomic mass is 9.91. The number of likely N-dealkylation sites (N-methyl/N-ethyl adjacent to an activating group) is 1. The summed E-state index contributed by atoms with van der Waals surface area (Å²) in [6.45, 7) is 2.41. The Hall–Kier alpha value is -2.11. The maximum absolute atomic E-state index is 11.5. The minimum absolute atomic E-state index is 0.00995. The highest BCUT2D eigenvalue weighted by Crippen LogP contribution is 2.27. The van der Waals surface area contributed by atoms with Crippen LogP contribution < -0.4 is 15.6 Å². The molecule has 0 amide bonds. The van der Waals surface area contributed by atoms with E-state index >= 15 is 0 Å². The van der Waals surface area contributed by atoms with Gasteiger partial charge in [0, 0.05) is 30.9 Å². The summed E-state index contributed by atoms with van der Waals surface area (Å²) in [7, 11) is 4.08. The van der Waals surface area contributed by atoms with E-state index in [2.05, 4.69) is 27.3 Å². The number of nitrogens with zero attached hydrogens (tertiary/aromatic N) is 1. The number of hydrogen-bond donors (Lipinski definition) is 2. The molecule has 5 heteroatoms. The highest BCUT2D eigenvalue weighted by Gasteiger charge is 2.20. The lowest BCUT2D eigenvalue weighted by Gasteiger charge is -2.26. The molecule has 0 radical (unpaired) electrons. The predicted octanol–water partition coefficient (Wildman–Crippen LogP) is 2.48. The van der Waals surface area contributed by atoms with Crippen molar-refractivity contribution >= 4 is 0 Å². The monoisotopic (exact) mass is 341 g/mol. The van der Waals surface area contributed by atoms with Crippen molar-refractivity contribution in [3.8, 4) is 5.75 Å². The second kappa shape index (κ2) is 8.32. The molecule has 0 fully saturated rings. The molecule has 1 heterocycles. The largest absolute Gasteiger partial charge is 0.492 e. The number of H-pyrrole nitrogens is 1. The average Bonchev–Trinajstić information content (AvgIpc) is 2.60. The van der Waals surface area contributed by atoms with Gasteiger partial charge in [-0.1, -0.05) is 18.2 Å². The molecule has 0 saturated heterocycles. The topological polar surface area (TPSA) is 57.4 Å². The molecule has 2 aromatic rings. The van der Waals surface area contributed by atoms with Crippen LogP contribution in [0.15, 0.2) is 41.2 Å². The summed E-state index contributed by atoms with van der Waals surface area (Å²) < 4.78 is 5.73. The molecule has 1 aromatic carbocycles. The average molecular weight is 341 g/mol. The van der Waals surface area contributed by atoms with Gasteiger partial charge in [0.05, 0.1) is 0 Å². The van der Waals surface area contributed by atoms with E-state index in [1.165, 1.54) is 11.1 Å². The molecular weight excluding hydrogens is 314 g/mol. The van der Waals surface area contributed by atoms with Gasteiger partial charge in [-0.05, 0) is 56.6 Å². The Morgan fingerprint density at radius 3 is 2.76 bits per heavy atom. The summed E-state index contributed by atoms with van der Waals surface area (Å²) in [5, 5.41) is 3.62. The van der Waals surface area contributed by atoms with Crippen molar-refractivity contribution in [2.45, 2.75) is 31.8 Å². The summed E-state index contributed by atoms with van der Waals surface area (Å²) in [5.74, 6) is 0.909. The fraction of sp³-hybridized carbons (Fsp3) is 0.450. The van der Waals surface area contributed by atoms with Crippen LogP contribution in [0.1, 0.15) is 35.7 Å². The Morgan fingerprint density at radius 1 is 1.20 bits per heavy atom. The van der Waals surface area contributed by atoms with Crippen molar-refractivity contribution in [1.82, 2.24) is 15.2 Å². The summed E-state index contributed by atoms with van der Waals surface area (Å²) in [4.78, 5) is 16.6. The van der Waals surface area contributed by atoms with Crippen LogP contribution in [0.5, 0.6) is 5.75 Å². The SMILES string of the molecule is CN(C)CCOc1ccc(CN[C@H]2CCCc3[nH]c(=O)ccc32)cc1. The maximum atomic E-state index is 11.5. The molecule has 5 nitrogen and oxygen atoms in total. The van der Waals surface area contributed by atoms with Crippen molar-refractivity contribution < 1.29 is 4.74 Å². The van der Waals surface area contributed by atoms with Gasteiger partial charge in [0.15, 0.2) is 0 Å². The van der Waals surface area contributed by atoms with E-state index in [4.69, 9.17) is 4.74 Å². The number of aromatic amines is 1. The van der Waals surface area contributed by atoms with Crippen LogP contribution in [0, 0.1) is 0 Å². The first-order valence-electron chi connectivity index (χ1n) is 8.94. The van der Waals surface area contributed by atoms with Gasteiger partial charge in [-0.25, -0.2) is 0 Å². The van der Waals surface area contributed by atoms with E-state index < -0.39 is 0 Å². The molecule has 1 atom stereocenters. The first kappa shape index (κ1) is 17.7. The molecule has 0 aliphatic heterocycles. The van der Waals surface area contributed by atoms with Gasteiger partial charge in [-0.3, -0.25) is 4.79 Å². The van der Waals surface area contributed by atoms with E-state index in [0.717, 1.165) is 43.8 Å². The molecular formula is C20H27N3O2. The number of fused-ring (bicyclic) bond motifs is 1. The van der Waals surface area contributed by atoms with E-state index in [1.54, 1.807) is 6.07 Å². The second-order valence-electron chi connectivity index (χ2n) is 6.88. The smallest absolute Gasteiger partial charge is 0.248 e. The maximum Gasteiger partial charge on any atom is 0.248 e. The number of pyridine rings is 1. The van der Waals surface area contributed by atoms with Crippen molar-refractivity contribution in [3.63, 3.8) is 0 Å². The number of aryl methyl sites for hydroxylation is 1. The van der Waals surface area contributed by atoms with Gasteiger partial charge in [0.1, 0.15) is 12.4 Å². The Kier molecular flexibility index (Phi) is 5.89. The van der Waals surface area contributed by atoms with Gasteiger partial charge >= 0.3 is 0 Å². The van der Waals surface area contributed by atoms with Gasteiger partial charge < -0.3 is 19.9 Å². The van der Waals surface area contributed by atoms with Crippen LogP contribution in [0.4, 0.5) is 0 Å². The Labute approximate surface area is 149 Å². The van der Waals surface area contributed by atoms with Crippen LogP contribution >= 0.6 is 0 Å². The summed E-state index contributed by atoms with van der Waals surface area (Å²) >= 11 is 0. The van der Waals surface area contributed by atoms with Gasteiger partial charge in [0.25, 0.3) is 0 Å². The summed E-state index contributed by atoms with van der Waals surface area (Å²) in [6.07, 6.45) is 3.16. The lowest BCUT2D eigenvalue weighted by molar-refractivity contribution is 0.261. The molecule has 0 saturated carbocycles. The van der Waals surface area contributed by atoms with Gasteiger partial charge in [0.2, 0.25) is 5.56 Å². The zero-order valence-electron chi connectivity index (χ0n) is 15.0. The van der Waals surface area contributed by atoms with Crippen LogP contribution in [-0.4, -0.2) is 37.1 Å². The molecule has 0 spiro atoms. The third-order valence-corrected chi connectivity index (χ3v) is 4.61. The van der Waals surface area contributed by atoms with E-state index in [-0.39, 0.29) is 5.56 Å². The van der Waals surface area contributed by atoms with Crippen molar-refractivity contribution in [2.24, 2.45) is 0 Å². The summed E-state index contributed by atoms with van der Waals surface area (Å²) in [6, 6.07) is 12.2. The molecule has 0 unspecified atom stereocenters. The fourth-order valence-electron chi connectivity index (χ4n) is 3.20. The highest BCUT2D eigenvalue weighted by atomic mass is 16.5. The van der Waals surface area contributed by atoms with Gasteiger partial charge in [-0.2, -0.15) is 0 Å². The highest BCUT2D eigenvalue weighted by molar-refractivity contribution is 5.29. The second-order valence-corrected chi connectivity index (χ2v) is 6.88. The molecule has 134 valence electrons. The quantitative estimate of drug-likeness (QED) is 0.812. The van der Waals surface area contributed by atoms with Crippen molar-refractivity contribution in [2.75, 3.05) is 27.2 Å². The number of rotatable bonds is 7. The minimum Gasteiger partial charge on any atom is -0.492 e. The van der Waals surface area contributed by atoms with Crippen LogP contribution in [0.3, 0.4) is 0 Å². The standard InChI is InChI=1S/C20H27N3O2/c1-23(2)12-13-25-16-8-6-15(7-9-16)14-21-18-4-3-5-19-17(18)10-11-20(24)22-19/h6-11,18,21H,3-5,12-14H2,1-2H3,(H,22,24)/t18-/m0/s1. The molecule has 1 aromatic heterocycles. The first-order valence-corrected chi connectivity index (χ1v) is 8.94. The lowest BCUT2D eigenvalue weighted by Crippen LogP contribution is -2.27.